The van der Waals surface area contributed by atoms with Crippen LogP contribution in [-0.2, 0) is 0 Å². The molecular formula is C12H18ClNO2. The van der Waals surface area contributed by atoms with Crippen molar-refractivity contribution in [3.63, 3.8) is 0 Å². The molecule has 0 radical (unpaired) electrons. The first-order chi connectivity index (χ1) is 7.23. The second-order valence-electron chi connectivity index (χ2n) is 4.81. The molecule has 0 aliphatic rings. The third kappa shape index (κ3) is 2.80. The van der Waals surface area contributed by atoms with E-state index >= 15 is 0 Å². The maximum absolute atomic E-state index is 9.80. The topological polar surface area (TPSA) is 43.7 Å². The van der Waals surface area contributed by atoms with Crippen molar-refractivity contribution in [2.24, 2.45) is 0 Å². The van der Waals surface area contributed by atoms with Gasteiger partial charge in [-0.05, 0) is 39.8 Å². The Morgan fingerprint density at radius 3 is 2.25 bits per heavy atom. The number of aliphatic hydroxyl groups excluding tert-OH is 1. The summed E-state index contributed by atoms with van der Waals surface area (Å²) in [5.41, 5.74) is 0.455. The summed E-state index contributed by atoms with van der Waals surface area (Å²) >= 11 is 6.06. The first-order valence-electron chi connectivity index (χ1n) is 5.19. The lowest BCUT2D eigenvalue weighted by molar-refractivity contribution is 0.164. The summed E-state index contributed by atoms with van der Waals surface area (Å²) in [7, 11) is 0. The molecule has 4 heteroatoms. The Bertz CT molecular complexity index is 372. The molecule has 1 aromatic rings. The molecule has 0 aliphatic heterocycles. The number of nitrogens with zero attached hydrogens (tertiary/aromatic N) is 1. The SMILES string of the molecule is C[C@H](O)N(c1ccc(O)cc1Cl)C(C)(C)C. The van der Waals surface area contributed by atoms with E-state index in [1.54, 1.807) is 24.0 Å². The number of halogens is 1. The third-order valence-electron chi connectivity index (χ3n) is 2.29. The van der Waals surface area contributed by atoms with E-state index in [0.717, 1.165) is 0 Å². The summed E-state index contributed by atoms with van der Waals surface area (Å²) in [4.78, 5) is 1.80. The van der Waals surface area contributed by atoms with Gasteiger partial charge in [-0.1, -0.05) is 11.6 Å². The molecular weight excluding hydrogens is 226 g/mol. The number of benzene rings is 1. The number of anilines is 1. The van der Waals surface area contributed by atoms with Gasteiger partial charge in [0.15, 0.2) is 0 Å². The van der Waals surface area contributed by atoms with E-state index in [1.807, 2.05) is 20.8 Å². The number of phenolic OH excluding ortho intramolecular Hbond substituents is 1. The van der Waals surface area contributed by atoms with Crippen LogP contribution in [0.5, 0.6) is 5.75 Å². The van der Waals surface area contributed by atoms with Crippen LogP contribution in [0.3, 0.4) is 0 Å². The smallest absolute Gasteiger partial charge is 0.124 e. The summed E-state index contributed by atoms with van der Waals surface area (Å²) in [6, 6.07) is 4.73. The van der Waals surface area contributed by atoms with Crippen molar-refractivity contribution in [1.29, 1.82) is 0 Å². The van der Waals surface area contributed by atoms with Gasteiger partial charge in [0.2, 0.25) is 0 Å². The van der Waals surface area contributed by atoms with Crippen LogP contribution >= 0.6 is 11.6 Å². The average Bonchev–Trinajstić information content (AvgIpc) is 2.06. The number of phenols is 1. The molecule has 1 aromatic carbocycles. The van der Waals surface area contributed by atoms with Crippen LogP contribution in [0.1, 0.15) is 27.7 Å². The fourth-order valence-electron chi connectivity index (χ4n) is 1.81. The quantitative estimate of drug-likeness (QED) is 0.785. The van der Waals surface area contributed by atoms with Crippen molar-refractivity contribution >= 4 is 17.3 Å². The van der Waals surface area contributed by atoms with Gasteiger partial charge in [0.1, 0.15) is 12.0 Å². The summed E-state index contributed by atoms with van der Waals surface area (Å²) in [6.45, 7) is 7.66. The molecule has 0 heterocycles. The van der Waals surface area contributed by atoms with Crippen LogP contribution in [0, 0.1) is 0 Å². The molecule has 0 saturated heterocycles. The molecule has 0 amide bonds. The summed E-state index contributed by atoms with van der Waals surface area (Å²) < 4.78 is 0. The van der Waals surface area contributed by atoms with Crippen molar-refractivity contribution in [2.75, 3.05) is 4.90 Å². The number of hydrogen-bond acceptors (Lipinski definition) is 3. The zero-order chi connectivity index (χ0) is 12.5. The van der Waals surface area contributed by atoms with Gasteiger partial charge in [-0.15, -0.1) is 0 Å². The average molecular weight is 244 g/mol. The van der Waals surface area contributed by atoms with Crippen LogP contribution in [0.25, 0.3) is 0 Å². The van der Waals surface area contributed by atoms with Crippen molar-refractivity contribution in [2.45, 2.75) is 39.5 Å². The Kier molecular flexibility index (Phi) is 3.71. The highest BCUT2D eigenvalue weighted by Gasteiger charge is 2.27. The molecule has 0 fully saturated rings. The largest absolute Gasteiger partial charge is 0.508 e. The van der Waals surface area contributed by atoms with E-state index in [1.165, 1.54) is 6.07 Å². The Labute approximate surface area is 101 Å². The minimum absolute atomic E-state index is 0.119. The zero-order valence-electron chi connectivity index (χ0n) is 10.0. The van der Waals surface area contributed by atoms with Crippen molar-refractivity contribution < 1.29 is 10.2 Å². The Morgan fingerprint density at radius 2 is 1.88 bits per heavy atom. The number of rotatable bonds is 2. The van der Waals surface area contributed by atoms with E-state index in [0.29, 0.717) is 10.7 Å². The van der Waals surface area contributed by atoms with Gasteiger partial charge in [-0.3, -0.25) is 0 Å². The first-order valence-corrected chi connectivity index (χ1v) is 5.57. The maximum atomic E-state index is 9.80. The summed E-state index contributed by atoms with van der Waals surface area (Å²) in [5, 5.41) is 19.5. The second-order valence-corrected chi connectivity index (χ2v) is 5.22. The number of aromatic hydroxyl groups is 1. The van der Waals surface area contributed by atoms with E-state index < -0.39 is 6.23 Å². The van der Waals surface area contributed by atoms with E-state index in [9.17, 15) is 10.2 Å². The van der Waals surface area contributed by atoms with E-state index in [-0.39, 0.29) is 11.3 Å². The molecule has 3 nitrogen and oxygen atoms in total. The number of aliphatic hydroxyl groups is 1. The lowest BCUT2D eigenvalue weighted by Crippen LogP contribution is -2.47. The van der Waals surface area contributed by atoms with Gasteiger partial charge in [0, 0.05) is 11.6 Å². The lowest BCUT2D eigenvalue weighted by atomic mass is 10.0. The normalized spacial score (nSPS) is 13.6. The molecule has 1 atom stereocenters. The predicted molar refractivity (Wildman–Crippen MR) is 67.0 cm³/mol. The standard InChI is InChI=1S/C12H18ClNO2/c1-8(15)14(12(2,3)4)11-6-5-9(16)7-10(11)13/h5-8,15-16H,1-4H3/t8-/m0/s1. The predicted octanol–water partition coefficient (Wildman–Crippen LogP) is 2.99. The molecule has 2 N–H and O–H groups in total. The molecule has 0 aliphatic carbocycles. The Morgan fingerprint density at radius 1 is 1.31 bits per heavy atom. The van der Waals surface area contributed by atoms with Crippen LogP contribution in [0.15, 0.2) is 18.2 Å². The molecule has 16 heavy (non-hydrogen) atoms. The second kappa shape index (κ2) is 4.52. The van der Waals surface area contributed by atoms with Crippen LogP contribution in [0.2, 0.25) is 5.02 Å². The van der Waals surface area contributed by atoms with E-state index in [2.05, 4.69) is 0 Å². The highest BCUT2D eigenvalue weighted by atomic mass is 35.5. The molecule has 0 unspecified atom stereocenters. The van der Waals surface area contributed by atoms with Gasteiger partial charge < -0.3 is 15.1 Å². The summed E-state index contributed by atoms with van der Waals surface area (Å²) in [6.07, 6.45) is -0.651. The minimum atomic E-state index is -0.651. The molecule has 1 rings (SSSR count). The van der Waals surface area contributed by atoms with E-state index in [4.69, 9.17) is 11.6 Å². The monoisotopic (exact) mass is 243 g/mol. The van der Waals surface area contributed by atoms with Crippen molar-refractivity contribution in [3.05, 3.63) is 23.2 Å². The third-order valence-corrected chi connectivity index (χ3v) is 2.59. The Balaban J connectivity index is 3.22. The van der Waals surface area contributed by atoms with Gasteiger partial charge in [-0.25, -0.2) is 0 Å². The van der Waals surface area contributed by atoms with Gasteiger partial charge in [0.05, 0.1) is 10.7 Å². The van der Waals surface area contributed by atoms with Crippen LogP contribution < -0.4 is 4.90 Å². The van der Waals surface area contributed by atoms with Gasteiger partial charge in [0.25, 0.3) is 0 Å². The first kappa shape index (κ1) is 13.1. The van der Waals surface area contributed by atoms with Crippen molar-refractivity contribution in [3.8, 4) is 5.75 Å². The highest BCUT2D eigenvalue weighted by molar-refractivity contribution is 6.33. The molecule has 0 aromatic heterocycles. The fraction of sp³-hybridized carbons (Fsp3) is 0.500. The molecule has 0 bridgehead atoms. The number of hydrogen-bond donors (Lipinski definition) is 2. The molecule has 0 spiro atoms. The van der Waals surface area contributed by atoms with Crippen LogP contribution in [-0.4, -0.2) is 22.0 Å². The van der Waals surface area contributed by atoms with Crippen LogP contribution in [0.4, 0.5) is 5.69 Å². The van der Waals surface area contributed by atoms with Gasteiger partial charge >= 0.3 is 0 Å². The highest BCUT2D eigenvalue weighted by Crippen LogP contribution is 2.34. The minimum Gasteiger partial charge on any atom is -0.508 e. The molecule has 0 saturated carbocycles. The lowest BCUT2D eigenvalue weighted by Gasteiger charge is -2.40. The maximum Gasteiger partial charge on any atom is 0.124 e. The molecule has 90 valence electrons. The summed E-state index contributed by atoms with van der Waals surface area (Å²) in [5.74, 6) is 0.119. The zero-order valence-corrected chi connectivity index (χ0v) is 10.8. The van der Waals surface area contributed by atoms with Crippen molar-refractivity contribution in [1.82, 2.24) is 0 Å². The Hall–Kier alpha value is -0.930. The van der Waals surface area contributed by atoms with Gasteiger partial charge in [-0.2, -0.15) is 0 Å². The fourth-order valence-corrected chi connectivity index (χ4v) is 2.08.